The van der Waals surface area contributed by atoms with Crippen LogP contribution in [0.5, 0.6) is 5.75 Å². The highest BCUT2D eigenvalue weighted by Crippen LogP contribution is 2.36. The van der Waals surface area contributed by atoms with Gasteiger partial charge in [0.25, 0.3) is 5.91 Å². The first-order valence-corrected chi connectivity index (χ1v) is 8.91. The van der Waals surface area contributed by atoms with Gasteiger partial charge in [0, 0.05) is 10.7 Å². The fourth-order valence-electron chi connectivity index (χ4n) is 2.92. The van der Waals surface area contributed by atoms with Crippen molar-refractivity contribution in [1.82, 2.24) is 5.43 Å². The molecule has 24 heavy (non-hydrogen) atoms. The van der Waals surface area contributed by atoms with Gasteiger partial charge in [0.1, 0.15) is 5.75 Å². The topological polar surface area (TPSA) is 50.7 Å². The SMILES string of the molecule is CC(Oc1ccc(Cl)cc1)C(=O)NN=C1CCC(C(C)(C)C)CC1. The monoisotopic (exact) mass is 350 g/mol. The molecular weight excluding hydrogens is 324 g/mol. The Morgan fingerprint density at radius 1 is 1.25 bits per heavy atom. The summed E-state index contributed by atoms with van der Waals surface area (Å²) >= 11 is 5.83. The molecule has 0 heterocycles. The van der Waals surface area contributed by atoms with Gasteiger partial charge in [-0.2, -0.15) is 5.10 Å². The van der Waals surface area contributed by atoms with Crippen LogP contribution >= 0.6 is 11.6 Å². The maximum absolute atomic E-state index is 12.1. The third-order valence-electron chi connectivity index (χ3n) is 4.61. The molecule has 0 bridgehead atoms. The van der Waals surface area contributed by atoms with Crippen LogP contribution in [0.15, 0.2) is 29.4 Å². The van der Waals surface area contributed by atoms with Crippen LogP contribution in [0.25, 0.3) is 0 Å². The minimum absolute atomic E-state index is 0.240. The molecule has 1 fully saturated rings. The summed E-state index contributed by atoms with van der Waals surface area (Å²) in [7, 11) is 0. The van der Waals surface area contributed by atoms with Gasteiger partial charge in [-0.15, -0.1) is 0 Å². The van der Waals surface area contributed by atoms with Gasteiger partial charge in [0.05, 0.1) is 0 Å². The summed E-state index contributed by atoms with van der Waals surface area (Å²) in [5.41, 5.74) is 4.05. The molecule has 132 valence electrons. The standard InChI is InChI=1S/C19H27ClN2O2/c1-13(24-17-11-7-15(20)8-12-17)18(23)22-21-16-9-5-14(6-10-16)19(2,3)4/h7-8,11-14H,5-6,9-10H2,1-4H3,(H,22,23). The van der Waals surface area contributed by atoms with Crippen LogP contribution in [0, 0.1) is 11.3 Å². The molecule has 1 saturated carbocycles. The molecule has 1 unspecified atom stereocenters. The molecule has 1 aliphatic rings. The van der Waals surface area contributed by atoms with Crippen LogP contribution in [0.1, 0.15) is 53.4 Å². The summed E-state index contributed by atoms with van der Waals surface area (Å²) < 4.78 is 5.59. The zero-order valence-corrected chi connectivity index (χ0v) is 15.7. The molecule has 4 nitrogen and oxygen atoms in total. The summed E-state index contributed by atoms with van der Waals surface area (Å²) in [5, 5.41) is 4.93. The van der Waals surface area contributed by atoms with Gasteiger partial charge >= 0.3 is 0 Å². The first-order chi connectivity index (χ1) is 11.3. The van der Waals surface area contributed by atoms with E-state index >= 15 is 0 Å². The number of hydrogen-bond donors (Lipinski definition) is 1. The Hall–Kier alpha value is -1.55. The average Bonchev–Trinajstić information content (AvgIpc) is 2.54. The van der Waals surface area contributed by atoms with Crippen LogP contribution in [0.4, 0.5) is 0 Å². The van der Waals surface area contributed by atoms with Gasteiger partial charge in [-0.25, -0.2) is 5.43 Å². The molecule has 5 heteroatoms. The van der Waals surface area contributed by atoms with Crippen molar-refractivity contribution in [2.24, 2.45) is 16.4 Å². The van der Waals surface area contributed by atoms with Gasteiger partial charge in [-0.05, 0) is 68.2 Å². The molecule has 1 atom stereocenters. The summed E-state index contributed by atoms with van der Waals surface area (Å²) in [5.74, 6) is 1.09. The fourth-order valence-corrected chi connectivity index (χ4v) is 3.05. The maximum atomic E-state index is 12.1. The molecule has 2 rings (SSSR count). The molecule has 0 aromatic heterocycles. The number of nitrogens with zero attached hydrogens (tertiary/aromatic N) is 1. The zero-order chi connectivity index (χ0) is 17.7. The number of halogens is 1. The first kappa shape index (κ1) is 18.8. The molecule has 1 aromatic rings. The Kier molecular flexibility index (Phi) is 6.27. The summed E-state index contributed by atoms with van der Waals surface area (Å²) in [4.78, 5) is 12.1. The predicted octanol–water partition coefficient (Wildman–Crippen LogP) is 4.82. The molecule has 0 saturated heterocycles. The van der Waals surface area contributed by atoms with Gasteiger partial charge in [0.15, 0.2) is 6.10 Å². The molecule has 0 spiro atoms. The number of amides is 1. The van der Waals surface area contributed by atoms with Crippen LogP contribution < -0.4 is 10.2 Å². The number of rotatable bonds is 4. The molecule has 1 aliphatic carbocycles. The van der Waals surface area contributed by atoms with E-state index in [1.807, 2.05) is 0 Å². The highest BCUT2D eigenvalue weighted by Gasteiger charge is 2.28. The Morgan fingerprint density at radius 3 is 2.38 bits per heavy atom. The average molecular weight is 351 g/mol. The Labute approximate surface area is 149 Å². The number of hydrogen-bond acceptors (Lipinski definition) is 3. The van der Waals surface area contributed by atoms with E-state index in [0.717, 1.165) is 37.3 Å². The largest absolute Gasteiger partial charge is 0.481 e. The zero-order valence-electron chi connectivity index (χ0n) is 14.9. The van der Waals surface area contributed by atoms with Crippen LogP contribution in [0.2, 0.25) is 5.02 Å². The second-order valence-corrected chi connectivity index (χ2v) is 7.94. The van der Waals surface area contributed by atoms with E-state index < -0.39 is 6.10 Å². The van der Waals surface area contributed by atoms with Crippen molar-refractivity contribution in [2.45, 2.75) is 59.5 Å². The van der Waals surface area contributed by atoms with E-state index in [9.17, 15) is 4.79 Å². The lowest BCUT2D eigenvalue weighted by molar-refractivity contribution is -0.127. The number of hydrazone groups is 1. The molecule has 0 aliphatic heterocycles. The van der Waals surface area contributed by atoms with Crippen molar-refractivity contribution in [3.63, 3.8) is 0 Å². The van der Waals surface area contributed by atoms with E-state index in [4.69, 9.17) is 16.3 Å². The molecule has 1 N–H and O–H groups in total. The third kappa shape index (κ3) is 5.52. The van der Waals surface area contributed by atoms with E-state index in [-0.39, 0.29) is 5.91 Å². The van der Waals surface area contributed by atoms with E-state index in [0.29, 0.717) is 16.2 Å². The molecule has 0 radical (unpaired) electrons. The van der Waals surface area contributed by atoms with Crippen LogP contribution in [-0.2, 0) is 4.79 Å². The van der Waals surface area contributed by atoms with E-state index in [2.05, 4.69) is 31.3 Å². The molecule has 1 amide bonds. The van der Waals surface area contributed by atoms with Gasteiger partial charge in [-0.1, -0.05) is 32.4 Å². The first-order valence-electron chi connectivity index (χ1n) is 8.53. The number of ether oxygens (including phenoxy) is 1. The quantitative estimate of drug-likeness (QED) is 0.792. The Morgan fingerprint density at radius 2 is 1.83 bits per heavy atom. The van der Waals surface area contributed by atoms with Crippen molar-refractivity contribution in [3.05, 3.63) is 29.3 Å². The fraction of sp³-hybridized carbons (Fsp3) is 0.579. The van der Waals surface area contributed by atoms with Crippen LogP contribution in [-0.4, -0.2) is 17.7 Å². The van der Waals surface area contributed by atoms with Gasteiger partial charge in [0.2, 0.25) is 0 Å². The number of carbonyl (C=O) groups excluding carboxylic acids is 1. The van der Waals surface area contributed by atoms with E-state index in [1.54, 1.807) is 31.2 Å². The normalized spacial score (nSPS) is 19.5. The summed E-state index contributed by atoms with van der Waals surface area (Å²) in [6, 6.07) is 6.95. The number of carbonyl (C=O) groups is 1. The maximum Gasteiger partial charge on any atom is 0.280 e. The Balaban J connectivity index is 1.81. The van der Waals surface area contributed by atoms with Gasteiger partial charge < -0.3 is 4.74 Å². The Bertz CT molecular complexity index is 580. The minimum atomic E-state index is -0.610. The second-order valence-electron chi connectivity index (χ2n) is 7.51. The van der Waals surface area contributed by atoms with Crippen molar-refractivity contribution in [1.29, 1.82) is 0 Å². The lowest BCUT2D eigenvalue weighted by atomic mass is 9.72. The summed E-state index contributed by atoms with van der Waals surface area (Å²) in [6.45, 7) is 8.58. The van der Waals surface area contributed by atoms with Gasteiger partial charge in [-0.3, -0.25) is 4.79 Å². The lowest BCUT2D eigenvalue weighted by Crippen LogP contribution is -2.34. The summed E-state index contributed by atoms with van der Waals surface area (Å²) in [6.07, 6.45) is 3.56. The minimum Gasteiger partial charge on any atom is -0.481 e. The van der Waals surface area contributed by atoms with Crippen molar-refractivity contribution in [3.8, 4) is 5.75 Å². The third-order valence-corrected chi connectivity index (χ3v) is 4.86. The predicted molar refractivity (Wildman–Crippen MR) is 98.5 cm³/mol. The highest BCUT2D eigenvalue weighted by atomic mass is 35.5. The highest BCUT2D eigenvalue weighted by molar-refractivity contribution is 6.30. The lowest BCUT2D eigenvalue weighted by Gasteiger charge is -2.34. The van der Waals surface area contributed by atoms with Crippen molar-refractivity contribution in [2.75, 3.05) is 0 Å². The number of nitrogens with one attached hydrogen (secondary N) is 1. The number of benzene rings is 1. The van der Waals surface area contributed by atoms with Crippen LogP contribution in [0.3, 0.4) is 0 Å². The van der Waals surface area contributed by atoms with E-state index in [1.165, 1.54) is 0 Å². The molecular formula is C19H27ClN2O2. The smallest absolute Gasteiger partial charge is 0.280 e. The molecule has 1 aromatic carbocycles. The van der Waals surface area contributed by atoms with Crippen molar-refractivity contribution < 1.29 is 9.53 Å². The van der Waals surface area contributed by atoms with Crippen molar-refractivity contribution >= 4 is 23.2 Å². The second kappa shape index (κ2) is 8.02.